The van der Waals surface area contributed by atoms with Gasteiger partial charge in [-0.25, -0.2) is 0 Å². The lowest BCUT2D eigenvalue weighted by Gasteiger charge is -2.38. The minimum atomic E-state index is 0.217. The zero-order valence-corrected chi connectivity index (χ0v) is 13.0. The van der Waals surface area contributed by atoms with Gasteiger partial charge in [-0.2, -0.15) is 0 Å². The van der Waals surface area contributed by atoms with Crippen molar-refractivity contribution < 1.29 is 9.90 Å². The highest BCUT2D eigenvalue weighted by molar-refractivity contribution is 5.81. The molecule has 0 saturated heterocycles. The normalized spacial score (nSPS) is 29.1. The number of carbonyl (C=O) groups excluding carboxylic acids is 1. The van der Waals surface area contributed by atoms with Gasteiger partial charge in [0.2, 0.25) is 0 Å². The molecule has 0 aromatic heterocycles. The van der Waals surface area contributed by atoms with Gasteiger partial charge in [0.05, 0.1) is 6.61 Å². The van der Waals surface area contributed by atoms with E-state index in [1.165, 1.54) is 38.5 Å². The molecule has 0 heterocycles. The molecule has 1 N–H and O–H groups in total. The smallest absolute Gasteiger partial charge is 0.137 e. The summed E-state index contributed by atoms with van der Waals surface area (Å²) in [7, 11) is 0. The van der Waals surface area contributed by atoms with E-state index < -0.39 is 0 Å². The lowest BCUT2D eigenvalue weighted by atomic mass is 9.78. The molecular formula is C17H31NO2. The molecular weight excluding hydrogens is 250 g/mol. The first-order valence-corrected chi connectivity index (χ1v) is 8.62. The minimum Gasteiger partial charge on any atom is -0.395 e. The summed E-state index contributed by atoms with van der Waals surface area (Å²) in [6.45, 7) is 4.09. The molecule has 2 rings (SSSR count). The zero-order chi connectivity index (χ0) is 14.4. The van der Waals surface area contributed by atoms with Crippen molar-refractivity contribution in [2.75, 3.05) is 19.7 Å². The van der Waals surface area contributed by atoms with Gasteiger partial charge in [0.15, 0.2) is 0 Å². The van der Waals surface area contributed by atoms with Gasteiger partial charge >= 0.3 is 0 Å². The highest BCUT2D eigenvalue weighted by Gasteiger charge is 2.31. The molecule has 116 valence electrons. The SMILES string of the molecule is CCC1CCC(=O)C(CN(CCO)C2CCCCC2)C1. The summed E-state index contributed by atoms with van der Waals surface area (Å²) in [4.78, 5) is 14.6. The Morgan fingerprint density at radius 1 is 1.20 bits per heavy atom. The Morgan fingerprint density at radius 2 is 1.95 bits per heavy atom. The van der Waals surface area contributed by atoms with Crippen LogP contribution < -0.4 is 0 Å². The predicted molar refractivity (Wildman–Crippen MR) is 81.7 cm³/mol. The van der Waals surface area contributed by atoms with Crippen LogP contribution in [0.4, 0.5) is 0 Å². The lowest BCUT2D eigenvalue weighted by Crippen LogP contribution is -2.44. The molecule has 0 spiro atoms. The van der Waals surface area contributed by atoms with E-state index in [9.17, 15) is 9.90 Å². The third kappa shape index (κ3) is 4.29. The van der Waals surface area contributed by atoms with Crippen molar-refractivity contribution in [2.45, 2.75) is 70.8 Å². The van der Waals surface area contributed by atoms with E-state index in [-0.39, 0.29) is 12.5 Å². The van der Waals surface area contributed by atoms with Crippen LogP contribution in [0.3, 0.4) is 0 Å². The van der Waals surface area contributed by atoms with Crippen LogP contribution in [0.15, 0.2) is 0 Å². The van der Waals surface area contributed by atoms with Gasteiger partial charge in [0.25, 0.3) is 0 Å². The summed E-state index contributed by atoms with van der Waals surface area (Å²) in [5.74, 6) is 1.43. The van der Waals surface area contributed by atoms with Crippen LogP contribution >= 0.6 is 0 Å². The molecule has 20 heavy (non-hydrogen) atoms. The Bertz CT molecular complexity index is 299. The van der Waals surface area contributed by atoms with Gasteiger partial charge < -0.3 is 5.11 Å². The number of hydrogen-bond donors (Lipinski definition) is 1. The van der Waals surface area contributed by atoms with Crippen LogP contribution in [0, 0.1) is 11.8 Å². The first-order chi connectivity index (χ1) is 9.74. The van der Waals surface area contributed by atoms with Crippen molar-refractivity contribution in [3.05, 3.63) is 0 Å². The second-order valence-electron chi connectivity index (χ2n) is 6.72. The molecule has 0 amide bonds. The van der Waals surface area contributed by atoms with Crippen molar-refractivity contribution in [1.29, 1.82) is 0 Å². The van der Waals surface area contributed by atoms with Gasteiger partial charge in [-0.05, 0) is 31.6 Å². The van der Waals surface area contributed by atoms with E-state index in [1.807, 2.05) is 0 Å². The number of aliphatic hydroxyl groups excluding tert-OH is 1. The van der Waals surface area contributed by atoms with Gasteiger partial charge in [-0.3, -0.25) is 9.69 Å². The highest BCUT2D eigenvalue weighted by Crippen LogP contribution is 2.31. The first kappa shape index (κ1) is 16.0. The molecule has 0 bridgehead atoms. The maximum Gasteiger partial charge on any atom is 0.137 e. The Hall–Kier alpha value is -0.410. The number of nitrogens with zero attached hydrogens (tertiary/aromatic N) is 1. The van der Waals surface area contributed by atoms with E-state index in [0.717, 1.165) is 38.3 Å². The van der Waals surface area contributed by atoms with Crippen LogP contribution in [-0.2, 0) is 4.79 Å². The monoisotopic (exact) mass is 281 g/mol. The fourth-order valence-electron chi connectivity index (χ4n) is 4.03. The first-order valence-electron chi connectivity index (χ1n) is 8.62. The fourth-order valence-corrected chi connectivity index (χ4v) is 4.03. The van der Waals surface area contributed by atoms with E-state index in [2.05, 4.69) is 11.8 Å². The quantitative estimate of drug-likeness (QED) is 0.813. The molecule has 0 radical (unpaired) electrons. The van der Waals surface area contributed by atoms with Gasteiger partial charge in [0, 0.05) is 31.5 Å². The van der Waals surface area contributed by atoms with Crippen molar-refractivity contribution in [1.82, 2.24) is 4.90 Å². The van der Waals surface area contributed by atoms with Crippen molar-refractivity contribution in [2.24, 2.45) is 11.8 Å². The third-order valence-corrected chi connectivity index (χ3v) is 5.38. The Kier molecular flexibility index (Phi) is 6.50. The second-order valence-corrected chi connectivity index (χ2v) is 6.72. The number of aliphatic hydroxyl groups is 1. The number of ketones is 1. The van der Waals surface area contributed by atoms with Crippen LogP contribution in [0.1, 0.15) is 64.7 Å². The fraction of sp³-hybridized carbons (Fsp3) is 0.941. The van der Waals surface area contributed by atoms with Gasteiger partial charge in [0.1, 0.15) is 5.78 Å². The van der Waals surface area contributed by atoms with Crippen molar-refractivity contribution in [3.8, 4) is 0 Å². The van der Waals surface area contributed by atoms with Crippen LogP contribution in [-0.4, -0.2) is 41.5 Å². The van der Waals surface area contributed by atoms with Crippen molar-refractivity contribution in [3.63, 3.8) is 0 Å². The molecule has 2 aliphatic rings. The lowest BCUT2D eigenvalue weighted by molar-refractivity contribution is -0.126. The third-order valence-electron chi connectivity index (χ3n) is 5.38. The summed E-state index contributed by atoms with van der Waals surface area (Å²) in [5, 5.41) is 9.33. The Labute approximate surface area is 123 Å². The van der Waals surface area contributed by atoms with E-state index >= 15 is 0 Å². The van der Waals surface area contributed by atoms with E-state index in [4.69, 9.17) is 0 Å². The molecule has 2 saturated carbocycles. The summed E-state index contributed by atoms with van der Waals surface area (Å²) in [6.07, 6.45) is 10.6. The summed E-state index contributed by atoms with van der Waals surface area (Å²) >= 11 is 0. The minimum absolute atomic E-state index is 0.217. The number of carbonyl (C=O) groups is 1. The second kappa shape index (κ2) is 8.14. The topological polar surface area (TPSA) is 40.5 Å². The highest BCUT2D eigenvalue weighted by atomic mass is 16.3. The van der Waals surface area contributed by atoms with Gasteiger partial charge in [-0.15, -0.1) is 0 Å². The molecule has 3 heteroatoms. The molecule has 0 aromatic rings. The van der Waals surface area contributed by atoms with E-state index in [0.29, 0.717) is 11.8 Å². The predicted octanol–water partition coefficient (Wildman–Crippen LogP) is 3.01. The largest absolute Gasteiger partial charge is 0.395 e. The van der Waals surface area contributed by atoms with Crippen LogP contribution in [0.5, 0.6) is 0 Å². The Balaban J connectivity index is 1.93. The average molecular weight is 281 g/mol. The number of hydrogen-bond acceptors (Lipinski definition) is 3. The maximum absolute atomic E-state index is 12.2. The Morgan fingerprint density at radius 3 is 2.60 bits per heavy atom. The molecule has 0 aromatic carbocycles. The summed E-state index contributed by atoms with van der Waals surface area (Å²) < 4.78 is 0. The standard InChI is InChI=1S/C17H31NO2/c1-2-14-8-9-17(20)15(12-14)13-18(10-11-19)16-6-4-3-5-7-16/h14-16,19H,2-13H2,1H3. The molecule has 0 aliphatic heterocycles. The molecule has 2 unspecified atom stereocenters. The van der Waals surface area contributed by atoms with Gasteiger partial charge in [-0.1, -0.05) is 32.6 Å². The van der Waals surface area contributed by atoms with Crippen LogP contribution in [0.2, 0.25) is 0 Å². The average Bonchev–Trinajstić information content (AvgIpc) is 2.49. The number of Topliss-reactive ketones (excluding diaryl/α,β-unsaturated/α-hetero) is 1. The zero-order valence-electron chi connectivity index (χ0n) is 13.0. The maximum atomic E-state index is 12.2. The molecule has 2 fully saturated rings. The van der Waals surface area contributed by atoms with Crippen LogP contribution in [0.25, 0.3) is 0 Å². The van der Waals surface area contributed by atoms with Crippen molar-refractivity contribution >= 4 is 5.78 Å². The molecule has 3 nitrogen and oxygen atoms in total. The number of rotatable bonds is 6. The van der Waals surface area contributed by atoms with E-state index in [1.54, 1.807) is 0 Å². The summed E-state index contributed by atoms with van der Waals surface area (Å²) in [6, 6.07) is 0.603. The molecule has 2 aliphatic carbocycles. The molecule has 2 atom stereocenters. The summed E-state index contributed by atoms with van der Waals surface area (Å²) in [5.41, 5.74) is 0.